The molecule has 0 radical (unpaired) electrons. The molecule has 1 fully saturated rings. The number of hydrogen-bond acceptors (Lipinski definition) is 3. The molecule has 0 bridgehead atoms. The second-order valence-electron chi connectivity index (χ2n) is 7.59. The van der Waals surface area contributed by atoms with Gasteiger partial charge in [-0.1, -0.05) is 121 Å². The average molecular weight is 421 g/mol. The van der Waals surface area contributed by atoms with Gasteiger partial charge in [-0.2, -0.15) is 0 Å². The Morgan fingerprint density at radius 2 is 0.742 bits per heavy atom. The average Bonchev–Trinajstić information content (AvgIpc) is 3.58. The topological polar surface area (TPSA) is 34.1 Å². The highest BCUT2D eigenvalue weighted by Crippen LogP contribution is 2.77. The molecule has 0 N–H and O–H groups in total. The second-order valence-corrected chi connectivity index (χ2v) is 9.02. The Hall–Kier alpha value is -3.43. The molecular weight excluding hydrogens is 400 g/mol. The summed E-state index contributed by atoms with van der Waals surface area (Å²) in [6.07, 6.45) is 0. The van der Waals surface area contributed by atoms with Gasteiger partial charge in [-0.3, -0.25) is 9.59 Å². The van der Waals surface area contributed by atoms with E-state index in [2.05, 4.69) is 0 Å². The minimum Gasteiger partial charge on any atom is -0.292 e. The third-order valence-electron chi connectivity index (χ3n) is 5.83. The second kappa shape index (κ2) is 7.68. The Kier molecular flexibility index (Phi) is 4.84. The minimum absolute atomic E-state index is 0.0440. The zero-order chi connectivity index (χ0) is 21.3. The van der Waals surface area contributed by atoms with Crippen LogP contribution >= 0.6 is 11.8 Å². The summed E-state index contributed by atoms with van der Waals surface area (Å²) < 4.78 is -2.05. The number of rotatable bonds is 6. The summed E-state index contributed by atoms with van der Waals surface area (Å²) >= 11 is 1.44. The van der Waals surface area contributed by atoms with Crippen molar-refractivity contribution < 1.29 is 9.59 Å². The van der Waals surface area contributed by atoms with Gasteiger partial charge in [0.05, 0.1) is 0 Å². The van der Waals surface area contributed by atoms with Crippen LogP contribution in [-0.2, 0) is 9.49 Å². The van der Waals surface area contributed by atoms with Crippen LogP contribution in [0.25, 0.3) is 0 Å². The van der Waals surface area contributed by atoms with Gasteiger partial charge in [-0.25, -0.2) is 0 Å². The summed E-state index contributed by atoms with van der Waals surface area (Å²) in [6.45, 7) is 0. The van der Waals surface area contributed by atoms with E-state index < -0.39 is 9.49 Å². The lowest BCUT2D eigenvalue weighted by molar-refractivity contribution is 0.0865. The first-order valence-electron chi connectivity index (χ1n) is 10.2. The van der Waals surface area contributed by atoms with Crippen LogP contribution in [0.15, 0.2) is 121 Å². The van der Waals surface area contributed by atoms with Crippen LogP contribution in [-0.4, -0.2) is 11.6 Å². The number of Topliss-reactive ketones (excluding diaryl/α,β-unsaturated/α-hetero) is 2. The van der Waals surface area contributed by atoms with Crippen LogP contribution < -0.4 is 0 Å². The zero-order valence-electron chi connectivity index (χ0n) is 16.8. The normalized spacial score (nSPS) is 21.9. The molecule has 0 spiro atoms. The Balaban J connectivity index is 1.77. The van der Waals surface area contributed by atoms with Crippen molar-refractivity contribution in [2.24, 2.45) is 0 Å². The molecular formula is C28H20O2S. The standard InChI is InChI=1S/C28H20O2S/c29-25(21-13-5-1-6-14-21)27(23-17-9-3-10-18-23)28(31-27,24-19-11-4-12-20-24)26(30)22-15-7-2-8-16-22/h1-20H. The molecule has 2 atom stereocenters. The third-order valence-corrected chi connectivity index (χ3v) is 7.70. The van der Waals surface area contributed by atoms with E-state index in [-0.39, 0.29) is 11.6 Å². The maximum atomic E-state index is 14.1. The fourth-order valence-corrected chi connectivity index (χ4v) is 6.09. The summed E-state index contributed by atoms with van der Waals surface area (Å²) in [5.41, 5.74) is 2.92. The van der Waals surface area contributed by atoms with Crippen molar-refractivity contribution >= 4 is 23.3 Å². The Bertz CT molecular complexity index is 1120. The van der Waals surface area contributed by atoms with Gasteiger partial charge < -0.3 is 0 Å². The number of hydrogen-bond donors (Lipinski definition) is 0. The molecule has 31 heavy (non-hydrogen) atoms. The van der Waals surface area contributed by atoms with Crippen molar-refractivity contribution in [2.75, 3.05) is 0 Å². The summed E-state index contributed by atoms with van der Waals surface area (Å²) in [7, 11) is 0. The number of ketones is 2. The number of thioether (sulfide) groups is 1. The lowest BCUT2D eigenvalue weighted by Crippen LogP contribution is -2.36. The predicted octanol–water partition coefficient (Wildman–Crippen LogP) is 6.29. The van der Waals surface area contributed by atoms with Crippen molar-refractivity contribution in [1.82, 2.24) is 0 Å². The van der Waals surface area contributed by atoms with Gasteiger partial charge in [0.1, 0.15) is 9.49 Å². The smallest absolute Gasteiger partial charge is 0.185 e. The van der Waals surface area contributed by atoms with E-state index in [9.17, 15) is 9.59 Å². The third kappa shape index (κ3) is 2.96. The number of carbonyl (C=O) groups is 2. The van der Waals surface area contributed by atoms with E-state index in [4.69, 9.17) is 0 Å². The Morgan fingerprint density at radius 3 is 1.06 bits per heavy atom. The molecule has 2 unspecified atom stereocenters. The highest BCUT2D eigenvalue weighted by molar-refractivity contribution is 8.10. The molecule has 3 heteroatoms. The van der Waals surface area contributed by atoms with Crippen molar-refractivity contribution in [2.45, 2.75) is 9.49 Å². The van der Waals surface area contributed by atoms with Gasteiger partial charge in [0.15, 0.2) is 11.6 Å². The number of benzene rings is 4. The van der Waals surface area contributed by atoms with Gasteiger partial charge in [0.25, 0.3) is 0 Å². The van der Waals surface area contributed by atoms with Crippen LogP contribution in [0.3, 0.4) is 0 Å². The quantitative estimate of drug-likeness (QED) is 0.272. The zero-order valence-corrected chi connectivity index (χ0v) is 17.6. The van der Waals surface area contributed by atoms with Crippen LogP contribution in [0, 0.1) is 0 Å². The van der Waals surface area contributed by atoms with Crippen LogP contribution in [0.5, 0.6) is 0 Å². The molecule has 1 aliphatic rings. The molecule has 1 aliphatic heterocycles. The fourth-order valence-electron chi connectivity index (χ4n) is 4.33. The molecule has 5 rings (SSSR count). The highest BCUT2D eigenvalue weighted by atomic mass is 32.2. The molecule has 4 aromatic rings. The molecule has 0 aliphatic carbocycles. The SMILES string of the molecule is O=C(c1ccccc1)C1(c2ccccc2)SC1(C(=O)c1ccccc1)c1ccccc1. The van der Waals surface area contributed by atoms with Crippen molar-refractivity contribution in [1.29, 1.82) is 0 Å². The minimum atomic E-state index is -1.02. The maximum Gasteiger partial charge on any atom is 0.185 e. The van der Waals surface area contributed by atoms with Crippen molar-refractivity contribution in [3.8, 4) is 0 Å². The monoisotopic (exact) mass is 420 g/mol. The van der Waals surface area contributed by atoms with Gasteiger partial charge in [-0.15, -0.1) is 11.8 Å². The first-order chi connectivity index (χ1) is 15.2. The fraction of sp³-hybridized carbons (Fsp3) is 0.0714. The maximum absolute atomic E-state index is 14.1. The number of carbonyl (C=O) groups excluding carboxylic acids is 2. The van der Waals surface area contributed by atoms with E-state index in [0.29, 0.717) is 11.1 Å². The first kappa shape index (κ1) is 19.5. The van der Waals surface area contributed by atoms with Crippen molar-refractivity contribution in [3.05, 3.63) is 144 Å². The van der Waals surface area contributed by atoms with E-state index in [1.54, 1.807) is 0 Å². The molecule has 0 saturated carbocycles. The van der Waals surface area contributed by atoms with Gasteiger partial charge in [-0.05, 0) is 11.1 Å². The van der Waals surface area contributed by atoms with E-state index in [0.717, 1.165) is 11.1 Å². The summed E-state index contributed by atoms with van der Waals surface area (Å²) in [6, 6.07) is 37.9. The molecule has 2 nitrogen and oxygen atoms in total. The van der Waals surface area contributed by atoms with E-state index in [1.165, 1.54) is 11.8 Å². The summed E-state index contributed by atoms with van der Waals surface area (Å²) in [5.74, 6) is -0.0881. The summed E-state index contributed by atoms with van der Waals surface area (Å²) in [5, 5.41) is 0. The van der Waals surface area contributed by atoms with Gasteiger partial charge in [0, 0.05) is 11.1 Å². The van der Waals surface area contributed by atoms with Gasteiger partial charge in [0.2, 0.25) is 0 Å². The van der Waals surface area contributed by atoms with Crippen LogP contribution in [0.2, 0.25) is 0 Å². The lowest BCUT2D eigenvalue weighted by atomic mass is 9.73. The molecule has 1 saturated heterocycles. The first-order valence-corrected chi connectivity index (χ1v) is 11.0. The van der Waals surface area contributed by atoms with Crippen molar-refractivity contribution in [3.63, 3.8) is 0 Å². The largest absolute Gasteiger partial charge is 0.292 e. The van der Waals surface area contributed by atoms with Gasteiger partial charge >= 0.3 is 0 Å². The van der Waals surface area contributed by atoms with Crippen LogP contribution in [0.1, 0.15) is 31.8 Å². The lowest BCUT2D eigenvalue weighted by Gasteiger charge is -2.23. The molecule has 0 aromatic heterocycles. The molecule has 0 amide bonds. The predicted molar refractivity (Wildman–Crippen MR) is 125 cm³/mol. The Labute approximate surface area is 186 Å². The Morgan fingerprint density at radius 1 is 0.452 bits per heavy atom. The van der Waals surface area contributed by atoms with E-state index in [1.807, 2.05) is 121 Å². The summed E-state index contributed by atoms with van der Waals surface area (Å²) in [4.78, 5) is 28.2. The van der Waals surface area contributed by atoms with E-state index >= 15 is 0 Å². The highest BCUT2D eigenvalue weighted by Gasteiger charge is 2.78. The molecule has 1 heterocycles. The molecule has 4 aromatic carbocycles. The van der Waals surface area contributed by atoms with Crippen LogP contribution in [0.4, 0.5) is 0 Å². The molecule has 150 valence electrons.